The van der Waals surface area contributed by atoms with Gasteiger partial charge in [0, 0.05) is 11.6 Å². The number of rotatable bonds is 1. The maximum Gasteiger partial charge on any atom is 0.165 e. The highest BCUT2D eigenvalue weighted by Gasteiger charge is 2.27. The lowest BCUT2D eigenvalue weighted by molar-refractivity contribution is 0.312. The lowest BCUT2D eigenvalue weighted by Crippen LogP contribution is -2.27. The van der Waals surface area contributed by atoms with E-state index < -0.39 is 5.82 Å². The molecular formula is C12H18FNO. The fourth-order valence-electron chi connectivity index (χ4n) is 1.51. The molecule has 0 bridgehead atoms. The second kappa shape index (κ2) is 3.81. The predicted molar refractivity (Wildman–Crippen MR) is 59.2 cm³/mol. The Balaban J connectivity index is 3.31. The van der Waals surface area contributed by atoms with Crippen LogP contribution in [0, 0.1) is 18.2 Å². The van der Waals surface area contributed by atoms with E-state index in [1.54, 1.807) is 6.07 Å². The lowest BCUT2D eigenvalue weighted by Gasteiger charge is -2.29. The molecule has 3 heteroatoms. The quantitative estimate of drug-likeness (QED) is 0.750. The van der Waals surface area contributed by atoms with E-state index in [9.17, 15) is 9.50 Å². The number of hydrogen-bond donors (Lipinski definition) is 2. The van der Waals surface area contributed by atoms with Crippen molar-refractivity contribution in [2.24, 2.45) is 11.1 Å². The van der Waals surface area contributed by atoms with Crippen LogP contribution in [-0.2, 0) is 0 Å². The first kappa shape index (κ1) is 12.0. The average molecular weight is 211 g/mol. The van der Waals surface area contributed by atoms with Crippen LogP contribution in [0.1, 0.15) is 37.9 Å². The van der Waals surface area contributed by atoms with Gasteiger partial charge in [-0.25, -0.2) is 4.39 Å². The number of nitrogens with two attached hydrogens (primary N) is 1. The van der Waals surface area contributed by atoms with Gasteiger partial charge in [0.05, 0.1) is 0 Å². The van der Waals surface area contributed by atoms with Crippen molar-refractivity contribution in [3.05, 3.63) is 29.1 Å². The Kier molecular flexibility index (Phi) is 3.05. The van der Waals surface area contributed by atoms with Crippen molar-refractivity contribution < 1.29 is 9.50 Å². The molecule has 15 heavy (non-hydrogen) atoms. The van der Waals surface area contributed by atoms with Crippen molar-refractivity contribution in [3.8, 4) is 5.75 Å². The Hall–Kier alpha value is -1.09. The van der Waals surface area contributed by atoms with Gasteiger partial charge < -0.3 is 10.8 Å². The standard InChI is InChI=1S/C12H18FNO/c1-7-5-6-8(13)10(15)9(7)11(14)12(2,3)4/h5-6,11,15H,14H2,1-4H3/t11-/m0/s1. The van der Waals surface area contributed by atoms with E-state index >= 15 is 0 Å². The molecule has 1 rings (SSSR count). The van der Waals surface area contributed by atoms with Crippen molar-refractivity contribution in [3.63, 3.8) is 0 Å². The van der Waals surface area contributed by atoms with E-state index in [2.05, 4.69) is 0 Å². The summed E-state index contributed by atoms with van der Waals surface area (Å²) < 4.78 is 13.2. The molecule has 0 saturated heterocycles. The highest BCUT2D eigenvalue weighted by Crippen LogP contribution is 2.38. The molecule has 0 heterocycles. The van der Waals surface area contributed by atoms with E-state index in [1.165, 1.54) is 6.07 Å². The van der Waals surface area contributed by atoms with Gasteiger partial charge in [-0.05, 0) is 24.0 Å². The van der Waals surface area contributed by atoms with Crippen LogP contribution in [0.25, 0.3) is 0 Å². The molecule has 0 amide bonds. The zero-order valence-electron chi connectivity index (χ0n) is 9.63. The number of aryl methyl sites for hydroxylation is 1. The number of benzene rings is 1. The number of halogens is 1. The van der Waals surface area contributed by atoms with E-state index in [0.717, 1.165) is 5.56 Å². The number of hydrogen-bond acceptors (Lipinski definition) is 2. The average Bonchev–Trinajstić information content (AvgIpc) is 2.10. The summed E-state index contributed by atoms with van der Waals surface area (Å²) in [5.74, 6) is -0.937. The van der Waals surface area contributed by atoms with E-state index in [0.29, 0.717) is 5.56 Å². The van der Waals surface area contributed by atoms with Crippen molar-refractivity contribution in [2.75, 3.05) is 0 Å². The first-order valence-electron chi connectivity index (χ1n) is 4.98. The zero-order chi connectivity index (χ0) is 11.8. The van der Waals surface area contributed by atoms with Crippen molar-refractivity contribution in [1.82, 2.24) is 0 Å². The molecule has 0 aliphatic rings. The maximum atomic E-state index is 13.2. The van der Waals surface area contributed by atoms with Crippen molar-refractivity contribution in [2.45, 2.75) is 33.7 Å². The minimum absolute atomic E-state index is 0.212. The Morgan fingerprint density at radius 1 is 1.33 bits per heavy atom. The molecule has 0 aliphatic carbocycles. The van der Waals surface area contributed by atoms with Gasteiger partial charge in [0.1, 0.15) is 0 Å². The van der Waals surface area contributed by atoms with Crippen LogP contribution in [-0.4, -0.2) is 5.11 Å². The minimum Gasteiger partial charge on any atom is -0.505 e. The van der Waals surface area contributed by atoms with Crippen molar-refractivity contribution in [1.29, 1.82) is 0 Å². The summed E-state index contributed by atoms with van der Waals surface area (Å²) in [5, 5.41) is 9.66. The first-order valence-corrected chi connectivity index (χ1v) is 4.98. The third kappa shape index (κ3) is 2.29. The number of aromatic hydroxyl groups is 1. The molecule has 0 saturated carbocycles. The Morgan fingerprint density at radius 3 is 2.33 bits per heavy atom. The molecule has 0 fully saturated rings. The molecule has 2 nitrogen and oxygen atoms in total. The summed E-state index contributed by atoms with van der Waals surface area (Å²) in [6, 6.07) is 2.51. The molecule has 0 aliphatic heterocycles. The second-order valence-corrected chi connectivity index (χ2v) is 4.97. The lowest BCUT2D eigenvalue weighted by atomic mass is 9.81. The maximum absolute atomic E-state index is 13.2. The molecule has 84 valence electrons. The fourth-order valence-corrected chi connectivity index (χ4v) is 1.51. The van der Waals surface area contributed by atoms with Gasteiger partial charge >= 0.3 is 0 Å². The normalized spacial score (nSPS) is 14.0. The highest BCUT2D eigenvalue weighted by atomic mass is 19.1. The molecule has 0 unspecified atom stereocenters. The summed E-state index contributed by atoms with van der Waals surface area (Å²) in [6.45, 7) is 7.70. The van der Waals surface area contributed by atoms with Gasteiger partial charge in [0.2, 0.25) is 0 Å². The van der Waals surface area contributed by atoms with Gasteiger partial charge in [-0.3, -0.25) is 0 Å². The van der Waals surface area contributed by atoms with Crippen LogP contribution in [0.4, 0.5) is 4.39 Å². The number of phenolic OH excluding ortho intramolecular Hbond substituents is 1. The van der Waals surface area contributed by atoms with Crippen LogP contribution in [0.15, 0.2) is 12.1 Å². The largest absolute Gasteiger partial charge is 0.505 e. The summed E-state index contributed by atoms with van der Waals surface area (Å²) in [4.78, 5) is 0. The molecule has 0 spiro atoms. The topological polar surface area (TPSA) is 46.2 Å². The minimum atomic E-state index is -0.615. The Morgan fingerprint density at radius 2 is 1.87 bits per heavy atom. The summed E-state index contributed by atoms with van der Waals surface area (Å²) in [6.07, 6.45) is 0. The van der Waals surface area contributed by atoms with Crippen LogP contribution in [0.5, 0.6) is 5.75 Å². The van der Waals surface area contributed by atoms with Crippen LogP contribution in [0.2, 0.25) is 0 Å². The third-order valence-corrected chi connectivity index (χ3v) is 2.63. The van der Waals surface area contributed by atoms with Crippen molar-refractivity contribution >= 4 is 0 Å². The van der Waals surface area contributed by atoms with Gasteiger partial charge in [0.15, 0.2) is 11.6 Å². The molecule has 0 aromatic heterocycles. The highest BCUT2D eigenvalue weighted by molar-refractivity contribution is 5.42. The molecule has 0 radical (unpaired) electrons. The van der Waals surface area contributed by atoms with Gasteiger partial charge in [-0.2, -0.15) is 0 Å². The Bertz CT molecular complexity index is 369. The summed E-state index contributed by atoms with van der Waals surface area (Å²) >= 11 is 0. The predicted octanol–water partition coefficient (Wildman–Crippen LogP) is 2.89. The Labute approximate surface area is 89.9 Å². The van der Waals surface area contributed by atoms with Gasteiger partial charge in [-0.15, -0.1) is 0 Å². The van der Waals surface area contributed by atoms with Gasteiger partial charge in [0.25, 0.3) is 0 Å². The third-order valence-electron chi connectivity index (χ3n) is 2.63. The second-order valence-electron chi connectivity index (χ2n) is 4.97. The van der Waals surface area contributed by atoms with Gasteiger partial charge in [-0.1, -0.05) is 26.8 Å². The summed E-state index contributed by atoms with van der Waals surface area (Å²) in [7, 11) is 0. The number of phenols is 1. The van der Waals surface area contributed by atoms with Crippen LogP contribution >= 0.6 is 0 Å². The monoisotopic (exact) mass is 211 g/mol. The van der Waals surface area contributed by atoms with E-state index in [-0.39, 0.29) is 17.2 Å². The molecule has 1 aromatic rings. The van der Waals surface area contributed by atoms with Crippen LogP contribution in [0.3, 0.4) is 0 Å². The SMILES string of the molecule is Cc1ccc(F)c(O)c1[C@H](N)C(C)(C)C. The first-order chi connectivity index (χ1) is 6.75. The molecule has 3 N–H and O–H groups in total. The fraction of sp³-hybridized carbons (Fsp3) is 0.500. The molecule has 1 aromatic carbocycles. The van der Waals surface area contributed by atoms with E-state index in [4.69, 9.17) is 5.73 Å². The van der Waals surface area contributed by atoms with Crippen LogP contribution < -0.4 is 5.73 Å². The smallest absolute Gasteiger partial charge is 0.165 e. The molecule has 1 atom stereocenters. The van der Waals surface area contributed by atoms with E-state index in [1.807, 2.05) is 27.7 Å². The summed E-state index contributed by atoms with van der Waals surface area (Å²) in [5.41, 5.74) is 7.12. The zero-order valence-corrected chi connectivity index (χ0v) is 9.63. The molecular weight excluding hydrogens is 193 g/mol.